The zero-order valence-corrected chi connectivity index (χ0v) is 37.1. The van der Waals surface area contributed by atoms with Gasteiger partial charge < -0.3 is 34.3 Å². The molecule has 4 aliphatic rings. The smallest absolute Gasteiger partial charge is 0.411 e. The topological polar surface area (TPSA) is 172 Å². The maximum absolute atomic E-state index is 14.3. The largest absolute Gasteiger partial charge is 0.502 e. The van der Waals surface area contributed by atoms with E-state index >= 15 is 0 Å². The standard InChI is InChI=1S/C24H21F2N3O3.C11H21NO3.C11H19NO3.CH4/c1-13-5-10-18-21(29-22(24(32)28(13)18)23(31)19(30)12-27-29)20(14-6-8-16(25)9-7-14)15-3-2-4-17(26)11-15;2*1-8-5-6-9(7-13)12(8)10(14)15-11(2,3)4;/h2-4,6-9,11-13,18,20-21,31H,5,10H2,1H3;8-9,13H,5-7H2,1-4H3;7-9H,5-6H2,1-4H3;1H4/t13-,18+,20+,21+;2*8-,9+;/m000./s1. The third-order valence-corrected chi connectivity index (χ3v) is 11.7. The van der Waals surface area contributed by atoms with Crippen molar-refractivity contribution >= 4 is 24.4 Å². The number of amides is 3. The molecule has 5 heterocycles. The van der Waals surface area contributed by atoms with Crippen LogP contribution in [0, 0.1) is 11.6 Å². The van der Waals surface area contributed by atoms with Gasteiger partial charge in [-0.3, -0.25) is 19.2 Å². The van der Waals surface area contributed by atoms with E-state index in [0.29, 0.717) is 17.5 Å². The second kappa shape index (κ2) is 20.4. The Morgan fingerprint density at radius 2 is 1.38 bits per heavy atom. The summed E-state index contributed by atoms with van der Waals surface area (Å²) < 4.78 is 39.9. The van der Waals surface area contributed by atoms with Crippen molar-refractivity contribution in [3.05, 3.63) is 93.4 Å². The number of aliphatic hydroxyl groups excluding tert-OH is 1. The van der Waals surface area contributed by atoms with Gasteiger partial charge in [-0.25, -0.2) is 18.4 Å². The Kier molecular flexibility index (Phi) is 16.3. The summed E-state index contributed by atoms with van der Waals surface area (Å²) in [5.74, 6) is -2.43. The number of nitrogens with zero attached hydrogens (tertiary/aromatic N) is 5. The highest BCUT2D eigenvalue weighted by Gasteiger charge is 2.50. The van der Waals surface area contributed by atoms with Crippen LogP contribution in [0.3, 0.4) is 0 Å². The molecule has 1 aromatic heterocycles. The Hall–Kier alpha value is -5.38. The van der Waals surface area contributed by atoms with E-state index in [2.05, 4.69) is 5.10 Å². The van der Waals surface area contributed by atoms with Crippen LogP contribution < -0.4 is 5.43 Å². The van der Waals surface area contributed by atoms with Crippen LogP contribution in [0.25, 0.3) is 0 Å². The van der Waals surface area contributed by atoms with Gasteiger partial charge in [-0.15, -0.1) is 0 Å². The van der Waals surface area contributed by atoms with Crippen LogP contribution in [0.2, 0.25) is 0 Å². The molecule has 0 bridgehead atoms. The second-order valence-corrected chi connectivity index (χ2v) is 18.6. The summed E-state index contributed by atoms with van der Waals surface area (Å²) in [6.07, 6.45) is 5.93. The minimum absolute atomic E-state index is 0. The van der Waals surface area contributed by atoms with Gasteiger partial charge >= 0.3 is 12.2 Å². The van der Waals surface area contributed by atoms with Crippen LogP contribution in [0.5, 0.6) is 5.75 Å². The molecular formula is C47H65F2N5O9. The number of carbonyl (C=O) groups excluding carboxylic acids is 4. The Morgan fingerprint density at radius 3 is 1.95 bits per heavy atom. The van der Waals surface area contributed by atoms with Gasteiger partial charge in [0.2, 0.25) is 5.43 Å². The summed E-state index contributed by atoms with van der Waals surface area (Å²) in [5, 5.41) is 23.9. The lowest BCUT2D eigenvalue weighted by atomic mass is 9.80. The molecule has 0 spiro atoms. The Bertz CT molecular complexity index is 2140. The number of halogens is 2. The normalized spacial score (nSPS) is 24.4. The van der Waals surface area contributed by atoms with Crippen molar-refractivity contribution in [1.29, 1.82) is 0 Å². The highest BCUT2D eigenvalue weighted by atomic mass is 19.1. The number of ether oxygens (including phenoxy) is 2. The summed E-state index contributed by atoms with van der Waals surface area (Å²) in [4.78, 5) is 64.7. The number of hydrogen-bond donors (Lipinski definition) is 2. The van der Waals surface area contributed by atoms with E-state index in [0.717, 1.165) is 44.6 Å². The second-order valence-electron chi connectivity index (χ2n) is 18.6. The Balaban J connectivity index is 0.000000236. The average molecular weight is 882 g/mol. The van der Waals surface area contributed by atoms with Crippen LogP contribution in [0.1, 0.15) is 142 Å². The van der Waals surface area contributed by atoms with E-state index in [4.69, 9.17) is 14.6 Å². The van der Waals surface area contributed by atoms with Gasteiger partial charge in [-0.1, -0.05) is 31.7 Å². The number of benzene rings is 2. The predicted molar refractivity (Wildman–Crippen MR) is 233 cm³/mol. The lowest BCUT2D eigenvalue weighted by molar-refractivity contribution is -0.112. The van der Waals surface area contributed by atoms with E-state index in [-0.39, 0.29) is 68.2 Å². The molecule has 8 atom stereocenters. The van der Waals surface area contributed by atoms with E-state index in [1.54, 1.807) is 34.1 Å². The molecule has 3 saturated heterocycles. The number of rotatable bonds is 5. The molecule has 0 radical (unpaired) electrons. The van der Waals surface area contributed by atoms with Gasteiger partial charge in [0.15, 0.2) is 11.4 Å². The van der Waals surface area contributed by atoms with Gasteiger partial charge in [0.1, 0.15) is 29.1 Å². The summed E-state index contributed by atoms with van der Waals surface area (Å²) in [6, 6.07) is 11.0. The van der Waals surface area contributed by atoms with Gasteiger partial charge in [0, 0.05) is 24.0 Å². The lowest BCUT2D eigenvalue weighted by Gasteiger charge is -2.43. The number of hydrogen-bond acceptors (Lipinski definition) is 10. The molecule has 14 nitrogen and oxygen atoms in total. The first-order valence-electron chi connectivity index (χ1n) is 21.3. The molecule has 3 amide bonds. The fourth-order valence-corrected chi connectivity index (χ4v) is 8.87. The zero-order valence-electron chi connectivity index (χ0n) is 37.1. The van der Waals surface area contributed by atoms with Crippen molar-refractivity contribution in [3.63, 3.8) is 0 Å². The lowest BCUT2D eigenvalue weighted by Crippen LogP contribution is -2.52. The van der Waals surface area contributed by atoms with Crippen molar-refractivity contribution in [2.24, 2.45) is 0 Å². The first-order valence-corrected chi connectivity index (χ1v) is 21.3. The number of aromatic nitrogens is 2. The molecule has 0 unspecified atom stereocenters. The van der Waals surface area contributed by atoms with E-state index in [1.807, 2.05) is 62.3 Å². The number of likely N-dealkylation sites (tertiary alicyclic amines) is 2. The number of fused-ring (bicyclic) bond motifs is 2. The molecule has 63 heavy (non-hydrogen) atoms. The third kappa shape index (κ3) is 11.6. The maximum atomic E-state index is 14.3. The minimum Gasteiger partial charge on any atom is -0.502 e. The molecule has 3 fully saturated rings. The van der Waals surface area contributed by atoms with Crippen LogP contribution >= 0.6 is 0 Å². The predicted octanol–water partition coefficient (Wildman–Crippen LogP) is 7.98. The Labute approximate surface area is 369 Å². The first-order chi connectivity index (χ1) is 29.1. The summed E-state index contributed by atoms with van der Waals surface area (Å²) in [5.41, 5.74) is -0.552. The molecule has 0 saturated carbocycles. The van der Waals surface area contributed by atoms with Crippen molar-refractivity contribution in [1.82, 2.24) is 24.5 Å². The first kappa shape index (κ1) is 50.3. The molecule has 346 valence electrons. The van der Waals surface area contributed by atoms with Gasteiger partial charge in [0.05, 0.1) is 37.0 Å². The molecule has 2 aromatic carbocycles. The number of aliphatic hydroxyl groups is 1. The van der Waals surface area contributed by atoms with Crippen molar-refractivity contribution in [2.75, 3.05) is 6.61 Å². The quantitative estimate of drug-likeness (QED) is 0.240. The summed E-state index contributed by atoms with van der Waals surface area (Å²) in [7, 11) is 0. The van der Waals surface area contributed by atoms with Crippen molar-refractivity contribution in [3.8, 4) is 5.75 Å². The van der Waals surface area contributed by atoms with Crippen molar-refractivity contribution in [2.45, 2.75) is 168 Å². The summed E-state index contributed by atoms with van der Waals surface area (Å²) >= 11 is 0. The molecular weight excluding hydrogens is 817 g/mol. The molecule has 7 rings (SSSR count). The molecule has 0 aliphatic carbocycles. The Morgan fingerprint density at radius 1 is 0.810 bits per heavy atom. The number of aromatic hydroxyl groups is 1. The minimum atomic E-state index is -0.738. The summed E-state index contributed by atoms with van der Waals surface area (Å²) in [6.45, 7) is 16.9. The van der Waals surface area contributed by atoms with Crippen LogP contribution in [0.15, 0.2) is 59.5 Å². The zero-order chi connectivity index (χ0) is 45.8. The van der Waals surface area contributed by atoms with E-state index in [1.165, 1.54) is 33.8 Å². The molecule has 4 aliphatic heterocycles. The number of carbonyl (C=O) groups is 4. The molecule has 2 N–H and O–H groups in total. The average Bonchev–Trinajstić information content (AvgIpc) is 3.89. The fourth-order valence-electron chi connectivity index (χ4n) is 8.87. The van der Waals surface area contributed by atoms with E-state index < -0.39 is 51.9 Å². The highest BCUT2D eigenvalue weighted by molar-refractivity contribution is 5.96. The molecule has 16 heteroatoms. The number of aldehydes is 1. The monoisotopic (exact) mass is 881 g/mol. The van der Waals surface area contributed by atoms with E-state index in [9.17, 15) is 37.9 Å². The van der Waals surface area contributed by atoms with Crippen LogP contribution in [0.4, 0.5) is 18.4 Å². The van der Waals surface area contributed by atoms with Crippen LogP contribution in [-0.2, 0) is 14.3 Å². The maximum Gasteiger partial charge on any atom is 0.411 e. The van der Waals surface area contributed by atoms with Crippen LogP contribution in [-0.4, -0.2) is 113 Å². The SMILES string of the molecule is C.C[C@H]1CC[C@@H]2[C@H]([C@H](c3ccc(F)cc3)c3cccc(F)c3)n3ncc(=O)c(O)c3C(=O)N21.C[C@H]1CC[C@H](C=O)N1C(=O)OC(C)(C)C.C[C@H]1CC[C@H](CO)N1C(=O)OC(C)(C)C. The third-order valence-electron chi connectivity index (χ3n) is 11.7. The van der Waals surface area contributed by atoms with Gasteiger partial charge in [-0.05, 0) is 136 Å². The highest BCUT2D eigenvalue weighted by Crippen LogP contribution is 2.47. The van der Waals surface area contributed by atoms with Gasteiger partial charge in [0.25, 0.3) is 5.91 Å². The van der Waals surface area contributed by atoms with Crippen molar-refractivity contribution < 1.29 is 47.6 Å². The van der Waals surface area contributed by atoms with Gasteiger partial charge in [-0.2, -0.15) is 5.10 Å². The molecule has 3 aromatic rings. The fraction of sp³-hybridized carbons (Fsp3) is 0.574.